The number of carbonyl (C=O) groups excluding carboxylic acids is 1. The number of Topliss-reactive ketones (excluding diaryl/α,β-unsaturated/α-hetero) is 1. The van der Waals surface area contributed by atoms with E-state index in [1.165, 1.54) is 17.3 Å². The molecule has 0 spiro atoms. The van der Waals surface area contributed by atoms with Crippen LogP contribution in [0.1, 0.15) is 22.8 Å². The van der Waals surface area contributed by atoms with E-state index >= 15 is 0 Å². The van der Waals surface area contributed by atoms with Gasteiger partial charge in [0.1, 0.15) is 0 Å². The average Bonchev–Trinajstić information content (AvgIpc) is 3.04. The zero-order valence-electron chi connectivity index (χ0n) is 12.9. The molecule has 0 radical (unpaired) electrons. The van der Waals surface area contributed by atoms with Crippen LogP contribution in [0.25, 0.3) is 11.5 Å². The number of ketones is 1. The molecule has 0 aliphatic heterocycles. The first-order chi connectivity index (χ1) is 11.1. The van der Waals surface area contributed by atoms with Gasteiger partial charge in [-0.2, -0.15) is 0 Å². The summed E-state index contributed by atoms with van der Waals surface area (Å²) in [7, 11) is 0. The van der Waals surface area contributed by atoms with Gasteiger partial charge >= 0.3 is 0 Å². The maximum atomic E-state index is 12.4. The van der Waals surface area contributed by atoms with Crippen molar-refractivity contribution in [1.29, 1.82) is 0 Å². The lowest BCUT2D eigenvalue weighted by Gasteiger charge is -2.06. The fourth-order valence-electron chi connectivity index (χ4n) is 2.11. The number of rotatable bonds is 5. The lowest BCUT2D eigenvalue weighted by Crippen LogP contribution is -2.13. The van der Waals surface area contributed by atoms with Gasteiger partial charge in [0.2, 0.25) is 5.89 Å². The molecule has 3 aromatic rings. The monoisotopic (exact) mass is 324 g/mol. The molecule has 1 atom stereocenters. The van der Waals surface area contributed by atoms with E-state index in [1.54, 1.807) is 0 Å². The molecular weight excluding hydrogens is 308 g/mol. The summed E-state index contributed by atoms with van der Waals surface area (Å²) in [5, 5.41) is 8.19. The van der Waals surface area contributed by atoms with Crippen molar-refractivity contribution in [3.8, 4) is 11.5 Å². The minimum Gasteiger partial charge on any atom is -0.411 e. The molecule has 0 saturated carbocycles. The molecule has 1 heterocycles. The van der Waals surface area contributed by atoms with Crippen molar-refractivity contribution >= 4 is 17.5 Å². The van der Waals surface area contributed by atoms with E-state index in [2.05, 4.69) is 10.2 Å². The molecule has 0 bridgehead atoms. The summed E-state index contributed by atoms with van der Waals surface area (Å²) >= 11 is 1.28. The Hall–Kier alpha value is -2.40. The Kier molecular flexibility index (Phi) is 4.57. The van der Waals surface area contributed by atoms with Gasteiger partial charge in [0.15, 0.2) is 5.78 Å². The molecule has 0 aliphatic rings. The number of benzene rings is 2. The Balaban J connectivity index is 1.71. The second-order valence-corrected chi connectivity index (χ2v) is 6.52. The number of nitrogens with zero attached hydrogens (tertiary/aromatic N) is 2. The standard InChI is InChI=1S/C18H16N2O2S/c1-12-8-10-15(11-9-12)17-19-20-18(22-17)23-13(2)16(21)14-6-4-3-5-7-14/h3-11,13H,1-2H3/t13-/m1/s1. The fourth-order valence-corrected chi connectivity index (χ4v) is 2.87. The van der Waals surface area contributed by atoms with Crippen LogP contribution < -0.4 is 0 Å². The van der Waals surface area contributed by atoms with E-state index < -0.39 is 0 Å². The van der Waals surface area contributed by atoms with Gasteiger partial charge < -0.3 is 4.42 Å². The second-order valence-electron chi connectivity index (χ2n) is 5.23. The fraction of sp³-hybridized carbons (Fsp3) is 0.167. The van der Waals surface area contributed by atoms with Crippen LogP contribution in [0.5, 0.6) is 0 Å². The van der Waals surface area contributed by atoms with Crippen LogP contribution >= 0.6 is 11.8 Å². The number of hydrogen-bond acceptors (Lipinski definition) is 5. The van der Waals surface area contributed by atoms with Gasteiger partial charge in [-0.25, -0.2) is 0 Å². The van der Waals surface area contributed by atoms with Gasteiger partial charge in [-0.1, -0.05) is 59.8 Å². The van der Waals surface area contributed by atoms with Gasteiger partial charge in [0.25, 0.3) is 5.22 Å². The van der Waals surface area contributed by atoms with E-state index in [1.807, 2.05) is 68.4 Å². The van der Waals surface area contributed by atoms with Gasteiger partial charge in [-0.3, -0.25) is 4.79 Å². The molecule has 0 unspecified atom stereocenters. The first-order valence-electron chi connectivity index (χ1n) is 7.30. The summed E-state index contributed by atoms with van der Waals surface area (Å²) < 4.78 is 5.65. The van der Waals surface area contributed by atoms with E-state index in [4.69, 9.17) is 4.42 Å². The van der Waals surface area contributed by atoms with E-state index in [-0.39, 0.29) is 11.0 Å². The SMILES string of the molecule is Cc1ccc(-c2nnc(S[C@H](C)C(=O)c3ccccc3)o2)cc1. The summed E-state index contributed by atoms with van der Waals surface area (Å²) in [5.41, 5.74) is 2.73. The first-order valence-corrected chi connectivity index (χ1v) is 8.18. The van der Waals surface area contributed by atoms with Crippen LogP contribution in [0.15, 0.2) is 64.2 Å². The molecule has 0 fully saturated rings. The molecule has 116 valence electrons. The smallest absolute Gasteiger partial charge is 0.277 e. The normalized spacial score (nSPS) is 12.1. The van der Waals surface area contributed by atoms with Crippen LogP contribution in [0, 0.1) is 6.92 Å². The van der Waals surface area contributed by atoms with Crippen LogP contribution in [-0.4, -0.2) is 21.2 Å². The van der Waals surface area contributed by atoms with E-state index in [9.17, 15) is 4.79 Å². The number of thioether (sulfide) groups is 1. The quantitative estimate of drug-likeness (QED) is 0.514. The van der Waals surface area contributed by atoms with Crippen LogP contribution in [0.3, 0.4) is 0 Å². The van der Waals surface area contributed by atoms with Crippen molar-refractivity contribution in [1.82, 2.24) is 10.2 Å². The molecule has 5 heteroatoms. The van der Waals surface area contributed by atoms with Crippen LogP contribution in [0.4, 0.5) is 0 Å². The molecule has 23 heavy (non-hydrogen) atoms. The Morgan fingerprint density at radius 1 is 1.04 bits per heavy atom. The lowest BCUT2D eigenvalue weighted by molar-refractivity contribution is 0.0993. The summed E-state index contributed by atoms with van der Waals surface area (Å²) in [4.78, 5) is 12.4. The minimum absolute atomic E-state index is 0.0469. The minimum atomic E-state index is -0.288. The second kappa shape index (κ2) is 6.79. The van der Waals surface area contributed by atoms with Gasteiger partial charge in [0, 0.05) is 11.1 Å². The van der Waals surface area contributed by atoms with Crippen LogP contribution in [-0.2, 0) is 0 Å². The van der Waals surface area contributed by atoms with Crippen molar-refractivity contribution in [2.24, 2.45) is 0 Å². The third-order valence-electron chi connectivity index (χ3n) is 3.41. The lowest BCUT2D eigenvalue weighted by atomic mass is 10.1. The first kappa shape index (κ1) is 15.5. The third kappa shape index (κ3) is 3.68. The Morgan fingerprint density at radius 3 is 2.43 bits per heavy atom. The number of aromatic nitrogens is 2. The van der Waals surface area contributed by atoms with Crippen molar-refractivity contribution < 1.29 is 9.21 Å². The number of aryl methyl sites for hydroxylation is 1. The summed E-state index contributed by atoms with van der Waals surface area (Å²) in [5.74, 6) is 0.512. The Bertz CT molecular complexity index is 797. The molecule has 1 aromatic heterocycles. The highest BCUT2D eigenvalue weighted by atomic mass is 32.2. The number of carbonyl (C=O) groups is 1. The molecule has 4 nitrogen and oxygen atoms in total. The maximum Gasteiger partial charge on any atom is 0.277 e. The molecule has 2 aromatic carbocycles. The molecule has 0 amide bonds. The van der Waals surface area contributed by atoms with Gasteiger partial charge in [-0.15, -0.1) is 10.2 Å². The van der Waals surface area contributed by atoms with Crippen molar-refractivity contribution in [3.63, 3.8) is 0 Å². The molecule has 0 N–H and O–H groups in total. The summed E-state index contributed by atoms with van der Waals surface area (Å²) in [6.07, 6.45) is 0. The molecule has 0 saturated heterocycles. The van der Waals surface area contributed by atoms with Gasteiger partial charge in [0.05, 0.1) is 5.25 Å². The highest BCUT2D eigenvalue weighted by Crippen LogP contribution is 2.27. The zero-order valence-corrected chi connectivity index (χ0v) is 13.7. The summed E-state index contributed by atoms with van der Waals surface area (Å²) in [6.45, 7) is 3.87. The predicted octanol–water partition coefficient (Wildman–Crippen LogP) is 4.41. The van der Waals surface area contributed by atoms with Crippen molar-refractivity contribution in [2.75, 3.05) is 0 Å². The Labute approximate surface area is 138 Å². The Morgan fingerprint density at radius 2 is 1.74 bits per heavy atom. The van der Waals surface area contributed by atoms with E-state index in [0.29, 0.717) is 16.7 Å². The van der Waals surface area contributed by atoms with Crippen LogP contribution in [0.2, 0.25) is 0 Å². The topological polar surface area (TPSA) is 56.0 Å². The molecule has 0 aliphatic carbocycles. The molecule has 3 rings (SSSR count). The maximum absolute atomic E-state index is 12.4. The average molecular weight is 324 g/mol. The van der Waals surface area contributed by atoms with Crippen molar-refractivity contribution in [2.45, 2.75) is 24.3 Å². The van der Waals surface area contributed by atoms with Crippen molar-refractivity contribution in [3.05, 3.63) is 65.7 Å². The molecular formula is C18H16N2O2S. The van der Waals surface area contributed by atoms with E-state index in [0.717, 1.165) is 5.56 Å². The largest absolute Gasteiger partial charge is 0.411 e. The van der Waals surface area contributed by atoms with Gasteiger partial charge in [-0.05, 0) is 26.0 Å². The highest BCUT2D eigenvalue weighted by Gasteiger charge is 2.19. The summed E-state index contributed by atoms with van der Waals surface area (Å²) in [6, 6.07) is 17.1. The third-order valence-corrected chi connectivity index (χ3v) is 4.34. The predicted molar refractivity (Wildman–Crippen MR) is 90.6 cm³/mol. The zero-order chi connectivity index (χ0) is 16.2. The number of hydrogen-bond donors (Lipinski definition) is 0. The highest BCUT2D eigenvalue weighted by molar-refractivity contribution is 8.00.